The minimum absolute atomic E-state index is 0.0220. The summed E-state index contributed by atoms with van der Waals surface area (Å²) in [5.74, 6) is 5.48. The van der Waals surface area contributed by atoms with Crippen molar-refractivity contribution in [3.8, 4) is 11.8 Å². The van der Waals surface area contributed by atoms with Crippen LogP contribution in [0.1, 0.15) is 28.8 Å². The molecule has 5 nitrogen and oxygen atoms in total. The molecule has 0 radical (unpaired) electrons. The van der Waals surface area contributed by atoms with Gasteiger partial charge < -0.3 is 16.4 Å². The second-order valence-electron chi connectivity index (χ2n) is 4.56. The van der Waals surface area contributed by atoms with Crippen molar-refractivity contribution in [3.05, 3.63) is 35.4 Å². The minimum atomic E-state index is -0.187. The summed E-state index contributed by atoms with van der Waals surface area (Å²) in [6.07, 6.45) is 1.28. The van der Waals surface area contributed by atoms with Crippen LogP contribution >= 0.6 is 0 Å². The lowest BCUT2D eigenvalue weighted by Crippen LogP contribution is -2.38. The molecule has 0 aliphatic carbocycles. The number of carbonyl (C=O) groups excluding carboxylic acids is 2. The van der Waals surface area contributed by atoms with E-state index < -0.39 is 0 Å². The van der Waals surface area contributed by atoms with Crippen LogP contribution in [0.2, 0.25) is 0 Å². The Morgan fingerprint density at radius 3 is 2.95 bits per heavy atom. The van der Waals surface area contributed by atoms with Gasteiger partial charge in [0.2, 0.25) is 5.91 Å². The number of hydrogen-bond acceptors (Lipinski definition) is 3. The molecule has 1 fully saturated rings. The highest BCUT2D eigenvalue weighted by Gasteiger charge is 2.21. The molecule has 2 amide bonds. The molecule has 1 saturated heterocycles. The zero-order chi connectivity index (χ0) is 14.4. The van der Waals surface area contributed by atoms with E-state index in [-0.39, 0.29) is 24.4 Å². The first-order valence-corrected chi connectivity index (χ1v) is 6.56. The normalized spacial score (nSPS) is 17.1. The molecule has 1 heterocycles. The number of rotatable bonds is 3. The van der Waals surface area contributed by atoms with Crippen LogP contribution in [0.15, 0.2) is 24.3 Å². The van der Waals surface area contributed by atoms with Crippen molar-refractivity contribution in [1.29, 1.82) is 0 Å². The largest absolute Gasteiger partial charge is 0.352 e. The van der Waals surface area contributed by atoms with Crippen molar-refractivity contribution in [3.63, 3.8) is 0 Å². The van der Waals surface area contributed by atoms with Gasteiger partial charge in [-0.15, -0.1) is 0 Å². The molecule has 20 heavy (non-hydrogen) atoms. The lowest BCUT2D eigenvalue weighted by molar-refractivity contribution is -0.119. The Labute approximate surface area is 117 Å². The van der Waals surface area contributed by atoms with Gasteiger partial charge in [-0.3, -0.25) is 9.59 Å². The number of hydrogen-bond donors (Lipinski definition) is 3. The summed E-state index contributed by atoms with van der Waals surface area (Å²) < 4.78 is 0. The van der Waals surface area contributed by atoms with Gasteiger partial charge in [-0.25, -0.2) is 0 Å². The van der Waals surface area contributed by atoms with Gasteiger partial charge in [0.1, 0.15) is 0 Å². The number of amides is 2. The van der Waals surface area contributed by atoms with Crippen LogP contribution in [0.4, 0.5) is 0 Å². The quantitative estimate of drug-likeness (QED) is 0.677. The zero-order valence-electron chi connectivity index (χ0n) is 11.1. The lowest BCUT2D eigenvalue weighted by atomic mass is 10.1. The zero-order valence-corrected chi connectivity index (χ0v) is 11.1. The van der Waals surface area contributed by atoms with E-state index in [2.05, 4.69) is 22.5 Å². The van der Waals surface area contributed by atoms with Crippen LogP contribution in [0.3, 0.4) is 0 Å². The van der Waals surface area contributed by atoms with Crippen LogP contribution in [-0.2, 0) is 4.79 Å². The summed E-state index contributed by atoms with van der Waals surface area (Å²) in [5, 5.41) is 5.64. The van der Waals surface area contributed by atoms with Crippen molar-refractivity contribution in [2.75, 3.05) is 13.1 Å². The highest BCUT2D eigenvalue weighted by molar-refractivity contribution is 5.96. The average molecular weight is 271 g/mol. The van der Waals surface area contributed by atoms with Crippen LogP contribution in [0.5, 0.6) is 0 Å². The standard InChI is InChI=1S/C15H17N3O2/c16-9-3-5-11-4-1-2-6-13(11)15(20)17-10-12-7-8-14(19)18-12/h1-2,4,6,12H,7-10,16H2,(H,17,20)(H,18,19). The molecule has 0 saturated carbocycles. The van der Waals surface area contributed by atoms with Crippen LogP contribution in [-0.4, -0.2) is 30.9 Å². The topological polar surface area (TPSA) is 84.2 Å². The van der Waals surface area contributed by atoms with Gasteiger partial charge in [0, 0.05) is 24.6 Å². The van der Waals surface area contributed by atoms with Crippen molar-refractivity contribution >= 4 is 11.8 Å². The smallest absolute Gasteiger partial charge is 0.252 e. The van der Waals surface area contributed by atoms with Gasteiger partial charge in [-0.1, -0.05) is 24.0 Å². The van der Waals surface area contributed by atoms with Gasteiger partial charge in [0.25, 0.3) is 5.91 Å². The third kappa shape index (κ3) is 3.59. The predicted molar refractivity (Wildman–Crippen MR) is 75.9 cm³/mol. The third-order valence-corrected chi connectivity index (χ3v) is 3.09. The number of carbonyl (C=O) groups is 2. The molecule has 1 unspecified atom stereocenters. The summed E-state index contributed by atoms with van der Waals surface area (Å²) >= 11 is 0. The molecule has 5 heteroatoms. The number of nitrogens with two attached hydrogens (primary N) is 1. The van der Waals surface area contributed by atoms with E-state index in [9.17, 15) is 9.59 Å². The molecule has 1 atom stereocenters. The van der Waals surface area contributed by atoms with Crippen LogP contribution < -0.4 is 16.4 Å². The summed E-state index contributed by atoms with van der Waals surface area (Å²) in [7, 11) is 0. The summed E-state index contributed by atoms with van der Waals surface area (Å²) in [6, 6.07) is 7.15. The Kier molecular flexibility index (Phi) is 4.75. The van der Waals surface area contributed by atoms with E-state index in [0.29, 0.717) is 24.1 Å². The minimum Gasteiger partial charge on any atom is -0.352 e. The molecule has 1 aromatic rings. The predicted octanol–water partition coefficient (Wildman–Crippen LogP) is 0.00520. The third-order valence-electron chi connectivity index (χ3n) is 3.09. The second-order valence-corrected chi connectivity index (χ2v) is 4.56. The summed E-state index contributed by atoms with van der Waals surface area (Å²) in [5.41, 5.74) is 6.53. The average Bonchev–Trinajstić information content (AvgIpc) is 2.88. The van der Waals surface area contributed by atoms with Crippen molar-refractivity contribution < 1.29 is 9.59 Å². The Bertz CT molecular complexity index is 572. The maximum atomic E-state index is 12.1. The Morgan fingerprint density at radius 2 is 2.25 bits per heavy atom. The second kappa shape index (κ2) is 6.73. The molecular formula is C15H17N3O2. The van der Waals surface area contributed by atoms with Gasteiger partial charge in [0.05, 0.1) is 12.1 Å². The highest BCUT2D eigenvalue weighted by atomic mass is 16.2. The van der Waals surface area contributed by atoms with Crippen molar-refractivity contribution in [2.45, 2.75) is 18.9 Å². The van der Waals surface area contributed by atoms with E-state index in [0.717, 1.165) is 6.42 Å². The lowest BCUT2D eigenvalue weighted by Gasteiger charge is -2.12. The van der Waals surface area contributed by atoms with E-state index in [1.807, 2.05) is 6.07 Å². The van der Waals surface area contributed by atoms with Gasteiger partial charge in [0.15, 0.2) is 0 Å². The highest BCUT2D eigenvalue weighted by Crippen LogP contribution is 2.08. The molecule has 0 bridgehead atoms. The fourth-order valence-electron chi connectivity index (χ4n) is 2.08. The maximum absolute atomic E-state index is 12.1. The fraction of sp³-hybridized carbons (Fsp3) is 0.333. The molecule has 1 aliphatic heterocycles. The molecule has 0 spiro atoms. The molecule has 1 aliphatic rings. The maximum Gasteiger partial charge on any atom is 0.252 e. The number of nitrogens with one attached hydrogen (secondary N) is 2. The van der Waals surface area contributed by atoms with E-state index in [1.54, 1.807) is 18.2 Å². The first-order valence-electron chi connectivity index (χ1n) is 6.56. The molecular weight excluding hydrogens is 254 g/mol. The van der Waals surface area contributed by atoms with E-state index in [4.69, 9.17) is 5.73 Å². The van der Waals surface area contributed by atoms with Crippen molar-refractivity contribution in [2.24, 2.45) is 5.73 Å². The molecule has 104 valence electrons. The Morgan fingerprint density at radius 1 is 1.45 bits per heavy atom. The fourth-order valence-corrected chi connectivity index (χ4v) is 2.08. The molecule has 0 aromatic heterocycles. The molecule has 1 aromatic carbocycles. The summed E-state index contributed by atoms with van der Waals surface area (Å²) in [4.78, 5) is 23.2. The van der Waals surface area contributed by atoms with Crippen LogP contribution in [0, 0.1) is 11.8 Å². The summed E-state index contributed by atoms with van der Waals surface area (Å²) in [6.45, 7) is 0.688. The van der Waals surface area contributed by atoms with E-state index in [1.165, 1.54) is 0 Å². The van der Waals surface area contributed by atoms with Crippen molar-refractivity contribution in [1.82, 2.24) is 10.6 Å². The van der Waals surface area contributed by atoms with Gasteiger partial charge in [-0.2, -0.15) is 0 Å². The molecule has 2 rings (SSSR count). The monoisotopic (exact) mass is 271 g/mol. The van der Waals surface area contributed by atoms with Gasteiger partial charge in [-0.05, 0) is 18.6 Å². The number of benzene rings is 1. The Balaban J connectivity index is 2.00. The first-order chi connectivity index (χ1) is 9.70. The van der Waals surface area contributed by atoms with Gasteiger partial charge >= 0.3 is 0 Å². The Hall–Kier alpha value is -2.32. The first kappa shape index (κ1) is 14.1. The van der Waals surface area contributed by atoms with Crippen LogP contribution in [0.25, 0.3) is 0 Å². The molecule has 4 N–H and O–H groups in total. The SMILES string of the molecule is NCC#Cc1ccccc1C(=O)NCC1CCC(=O)N1. The van der Waals surface area contributed by atoms with E-state index >= 15 is 0 Å².